The van der Waals surface area contributed by atoms with Gasteiger partial charge in [0.05, 0.1) is 4.20 Å². The molecule has 0 N–H and O–H groups in total. The van der Waals surface area contributed by atoms with E-state index in [1.54, 1.807) is 11.8 Å². The zero-order chi connectivity index (χ0) is 2.99. The molecule has 0 aliphatic carbocycles. The third-order valence-corrected chi connectivity index (χ3v) is 1.49. The molecule has 0 spiro atoms. The topological polar surface area (TPSA) is 0 Å². The highest BCUT2D eigenvalue weighted by molar-refractivity contribution is 8.33. The number of hydrogen-bond donors (Lipinski definition) is 0. The van der Waals surface area contributed by atoms with Crippen LogP contribution in [-0.4, -0.2) is 9.95 Å². The molecule has 0 aromatic rings. The first-order chi connectivity index (χ1) is 1.89. The Bertz CT molecular complexity index is 42.0. The molecule has 0 bridgehead atoms. The summed E-state index contributed by atoms with van der Waals surface area (Å²) in [6.07, 6.45) is 0. The molecule has 0 aromatic heterocycles. The molecular formula is C2H2S2. The first-order valence-corrected chi connectivity index (χ1v) is 2.44. The Balaban J connectivity index is 2.60. The number of thiocarbonyl (C=S) groups is 1. The lowest BCUT2D eigenvalue weighted by Gasteiger charge is -1.27. The van der Waals surface area contributed by atoms with E-state index < -0.39 is 0 Å². The van der Waals surface area contributed by atoms with Crippen molar-refractivity contribution in [3.05, 3.63) is 0 Å². The minimum atomic E-state index is 1.13. The lowest BCUT2D eigenvalue weighted by atomic mass is 11.0. The normalized spacial score (nSPS) is 21.5. The Labute approximate surface area is 34.6 Å². The Kier molecular flexibility index (Phi) is 0.461. The smallest absolute Gasteiger partial charge is 0.0585 e. The van der Waals surface area contributed by atoms with Crippen LogP contribution < -0.4 is 0 Å². The van der Waals surface area contributed by atoms with Crippen molar-refractivity contribution in [1.29, 1.82) is 0 Å². The van der Waals surface area contributed by atoms with E-state index in [4.69, 9.17) is 0 Å². The highest BCUT2D eigenvalue weighted by Gasteiger charge is 2.08. The fraction of sp³-hybridized carbons (Fsp3) is 0.500. The summed E-state index contributed by atoms with van der Waals surface area (Å²) in [6, 6.07) is 0. The average molecular weight is 90.2 g/mol. The van der Waals surface area contributed by atoms with Crippen molar-refractivity contribution in [1.82, 2.24) is 0 Å². The van der Waals surface area contributed by atoms with Gasteiger partial charge in [0.1, 0.15) is 0 Å². The molecule has 1 heterocycles. The molecule has 0 aromatic carbocycles. The van der Waals surface area contributed by atoms with Gasteiger partial charge in [-0.15, -0.1) is 11.8 Å². The molecule has 1 aliphatic heterocycles. The van der Waals surface area contributed by atoms with Gasteiger partial charge in [-0.1, -0.05) is 12.2 Å². The van der Waals surface area contributed by atoms with Gasteiger partial charge >= 0.3 is 0 Å². The van der Waals surface area contributed by atoms with Crippen LogP contribution >= 0.6 is 24.0 Å². The molecule has 0 saturated carbocycles. The predicted octanol–water partition coefficient (Wildman–Crippen LogP) is 1.06. The van der Waals surface area contributed by atoms with Crippen LogP contribution in [0.25, 0.3) is 0 Å². The summed E-state index contributed by atoms with van der Waals surface area (Å²) < 4.78 is 1.17. The molecule has 0 unspecified atom stereocenters. The largest absolute Gasteiger partial charge is 0.112 e. The summed E-state index contributed by atoms with van der Waals surface area (Å²) in [6.45, 7) is 0. The second-order valence-corrected chi connectivity index (χ2v) is 2.48. The van der Waals surface area contributed by atoms with Gasteiger partial charge in [0.2, 0.25) is 0 Å². The zero-order valence-corrected chi connectivity index (χ0v) is 3.66. The van der Waals surface area contributed by atoms with E-state index in [-0.39, 0.29) is 0 Å². The van der Waals surface area contributed by atoms with E-state index >= 15 is 0 Å². The van der Waals surface area contributed by atoms with Crippen LogP contribution in [0.3, 0.4) is 0 Å². The van der Waals surface area contributed by atoms with Gasteiger partial charge in [-0.05, 0) is 0 Å². The maximum Gasteiger partial charge on any atom is 0.0585 e. The quantitative estimate of drug-likeness (QED) is 0.322. The van der Waals surface area contributed by atoms with E-state index in [9.17, 15) is 0 Å². The van der Waals surface area contributed by atoms with Crippen LogP contribution in [0.15, 0.2) is 0 Å². The van der Waals surface area contributed by atoms with Crippen LogP contribution in [0.4, 0.5) is 0 Å². The fourth-order valence-corrected chi connectivity index (χ4v) is 0.265. The van der Waals surface area contributed by atoms with Gasteiger partial charge < -0.3 is 0 Å². The maximum atomic E-state index is 4.61. The second-order valence-electron chi connectivity index (χ2n) is 0.661. The molecule has 1 saturated heterocycles. The molecule has 4 heavy (non-hydrogen) atoms. The van der Waals surface area contributed by atoms with Crippen molar-refractivity contribution in [2.45, 2.75) is 0 Å². The minimum absolute atomic E-state index is 1.13. The molecule has 0 nitrogen and oxygen atoms in total. The molecule has 2 heteroatoms. The van der Waals surface area contributed by atoms with Gasteiger partial charge in [0.25, 0.3) is 0 Å². The molecule has 1 rings (SSSR count). The lowest BCUT2D eigenvalue weighted by Crippen LogP contribution is -1.39. The third kappa shape index (κ3) is 0.428. The van der Waals surface area contributed by atoms with E-state index in [0.29, 0.717) is 0 Å². The second kappa shape index (κ2) is 0.692. The Hall–Kier alpha value is 0.440. The average Bonchev–Trinajstić information content (AvgIpc) is 1.75. The van der Waals surface area contributed by atoms with Gasteiger partial charge in [0, 0.05) is 5.75 Å². The van der Waals surface area contributed by atoms with Crippen molar-refractivity contribution < 1.29 is 0 Å². The van der Waals surface area contributed by atoms with Crippen LogP contribution in [0.1, 0.15) is 0 Å². The summed E-state index contributed by atoms with van der Waals surface area (Å²) in [5.41, 5.74) is 0. The third-order valence-electron chi connectivity index (χ3n) is 0.262. The summed E-state index contributed by atoms with van der Waals surface area (Å²) in [5.74, 6) is 1.13. The van der Waals surface area contributed by atoms with Gasteiger partial charge in [-0.2, -0.15) is 0 Å². The van der Waals surface area contributed by atoms with Crippen LogP contribution in [-0.2, 0) is 0 Å². The number of rotatable bonds is 0. The molecular weight excluding hydrogens is 88.2 g/mol. The standard InChI is InChI=1S/C2H2S2/c3-2-1-4-2/h1H2. The SMILES string of the molecule is S=C1CS1. The van der Waals surface area contributed by atoms with Gasteiger partial charge in [-0.3, -0.25) is 0 Å². The first-order valence-electron chi connectivity index (χ1n) is 1.05. The highest BCUT2D eigenvalue weighted by Crippen LogP contribution is 2.21. The summed E-state index contributed by atoms with van der Waals surface area (Å²) >= 11 is 6.37. The fourth-order valence-electron chi connectivity index (χ4n) is 0.0295. The van der Waals surface area contributed by atoms with Crippen molar-refractivity contribution in [3.8, 4) is 0 Å². The van der Waals surface area contributed by atoms with Crippen LogP contribution in [0.5, 0.6) is 0 Å². The molecule has 1 aliphatic rings. The molecule has 0 amide bonds. The van der Waals surface area contributed by atoms with Crippen LogP contribution in [0, 0.1) is 0 Å². The summed E-state index contributed by atoms with van der Waals surface area (Å²) in [5, 5.41) is 0. The number of thioether (sulfide) groups is 1. The van der Waals surface area contributed by atoms with Crippen molar-refractivity contribution in [2.75, 3.05) is 5.75 Å². The predicted molar refractivity (Wildman–Crippen MR) is 25.1 cm³/mol. The van der Waals surface area contributed by atoms with Crippen molar-refractivity contribution in [3.63, 3.8) is 0 Å². The summed E-state index contributed by atoms with van der Waals surface area (Å²) in [4.78, 5) is 0. The Morgan fingerprint density at radius 2 is 2.25 bits per heavy atom. The van der Waals surface area contributed by atoms with Crippen LogP contribution in [0.2, 0.25) is 0 Å². The lowest BCUT2D eigenvalue weighted by molar-refractivity contribution is 2.29. The minimum Gasteiger partial charge on any atom is -0.112 e. The van der Waals surface area contributed by atoms with Gasteiger partial charge in [-0.25, -0.2) is 0 Å². The Morgan fingerprint density at radius 3 is 2.25 bits per heavy atom. The monoisotopic (exact) mass is 90.0 g/mol. The van der Waals surface area contributed by atoms with E-state index in [0.717, 1.165) is 5.75 Å². The molecule has 1 fully saturated rings. The molecule has 22 valence electrons. The zero-order valence-electron chi connectivity index (χ0n) is 2.02. The van der Waals surface area contributed by atoms with Crippen molar-refractivity contribution in [2.24, 2.45) is 0 Å². The van der Waals surface area contributed by atoms with Crippen molar-refractivity contribution >= 4 is 28.2 Å². The molecule has 0 radical (unpaired) electrons. The molecule has 0 atom stereocenters. The first kappa shape index (κ1) is 2.67. The maximum absolute atomic E-state index is 4.61. The van der Waals surface area contributed by atoms with E-state index in [1.807, 2.05) is 0 Å². The summed E-state index contributed by atoms with van der Waals surface area (Å²) in [7, 11) is 0. The van der Waals surface area contributed by atoms with E-state index in [1.165, 1.54) is 4.20 Å². The van der Waals surface area contributed by atoms with Gasteiger partial charge in [0.15, 0.2) is 0 Å². The Morgan fingerprint density at radius 1 is 2.00 bits per heavy atom. The van der Waals surface area contributed by atoms with E-state index in [2.05, 4.69) is 12.2 Å². The number of hydrogen-bond acceptors (Lipinski definition) is 2. The highest BCUT2D eigenvalue weighted by atomic mass is 32.2.